The molecule has 6 nitrogen and oxygen atoms in total. The van der Waals surface area contributed by atoms with Crippen LogP contribution in [0.5, 0.6) is 5.75 Å². The molecule has 1 N–H and O–H groups in total. The zero-order valence-corrected chi connectivity index (χ0v) is 13.8. The van der Waals surface area contributed by atoms with Gasteiger partial charge in [-0.15, -0.1) is 0 Å². The van der Waals surface area contributed by atoms with E-state index in [0.29, 0.717) is 11.3 Å². The molecule has 1 saturated heterocycles. The lowest BCUT2D eigenvalue weighted by atomic mass is 10.1. The number of alkyl carbamates (subject to hydrolysis) is 1. The highest BCUT2D eigenvalue weighted by molar-refractivity contribution is 6.01. The Labute approximate surface area is 144 Å². The quantitative estimate of drug-likeness (QED) is 0.912. The van der Waals surface area contributed by atoms with Crippen molar-refractivity contribution < 1.29 is 23.5 Å². The summed E-state index contributed by atoms with van der Waals surface area (Å²) < 4.78 is 23.9. The topological polar surface area (TPSA) is 67.9 Å². The van der Waals surface area contributed by atoms with Gasteiger partial charge in [0.2, 0.25) is 0 Å². The van der Waals surface area contributed by atoms with Crippen LogP contribution in [0.1, 0.15) is 12.0 Å². The number of alkyl halides is 1. The summed E-state index contributed by atoms with van der Waals surface area (Å²) in [6.45, 7) is 0.142. The van der Waals surface area contributed by atoms with Gasteiger partial charge < -0.3 is 19.7 Å². The lowest BCUT2D eigenvalue weighted by Gasteiger charge is -2.24. The molecule has 1 fully saturated rings. The predicted octanol–water partition coefficient (Wildman–Crippen LogP) is 2.27. The fraction of sp³-hybridized carbons (Fsp3) is 0.333. The van der Waals surface area contributed by atoms with Gasteiger partial charge in [0.15, 0.2) is 0 Å². The molecule has 1 aromatic rings. The van der Waals surface area contributed by atoms with E-state index in [4.69, 9.17) is 4.74 Å². The minimum absolute atomic E-state index is 0.0000363. The molecule has 3 rings (SSSR count). The van der Waals surface area contributed by atoms with Crippen LogP contribution in [0.2, 0.25) is 0 Å². The van der Waals surface area contributed by atoms with E-state index in [1.165, 1.54) is 18.3 Å². The molecule has 0 spiro atoms. The van der Waals surface area contributed by atoms with Gasteiger partial charge in [0, 0.05) is 24.1 Å². The minimum Gasteiger partial charge on any atom is -0.464 e. The van der Waals surface area contributed by atoms with Crippen LogP contribution in [0.25, 0.3) is 6.08 Å². The maximum absolute atomic E-state index is 13.9. The van der Waals surface area contributed by atoms with Crippen molar-refractivity contribution in [3.8, 4) is 5.75 Å². The third kappa shape index (κ3) is 3.81. The third-order valence-corrected chi connectivity index (χ3v) is 4.21. The Morgan fingerprint density at radius 2 is 2.20 bits per heavy atom. The number of carbonyl (C=O) groups excluding carboxylic acids is 2. The zero-order valence-electron chi connectivity index (χ0n) is 13.8. The van der Waals surface area contributed by atoms with Crippen molar-refractivity contribution in [3.63, 3.8) is 0 Å². The number of rotatable bonds is 3. The molecule has 2 heterocycles. The Morgan fingerprint density at radius 1 is 1.40 bits per heavy atom. The van der Waals surface area contributed by atoms with E-state index in [-0.39, 0.29) is 25.4 Å². The van der Waals surface area contributed by atoms with Crippen LogP contribution in [-0.2, 0) is 9.53 Å². The van der Waals surface area contributed by atoms with Crippen LogP contribution < -0.4 is 10.1 Å². The Morgan fingerprint density at radius 3 is 3.00 bits per heavy atom. The zero-order chi connectivity index (χ0) is 17.8. The number of methoxy groups -OCH3 is 1. The Bertz CT molecular complexity index is 732. The van der Waals surface area contributed by atoms with Gasteiger partial charge in [0.1, 0.15) is 11.9 Å². The number of carbonyl (C=O) groups is 2. The molecule has 132 valence electrons. The molecule has 2 atom stereocenters. The first-order chi connectivity index (χ1) is 12.1. The van der Waals surface area contributed by atoms with Crippen molar-refractivity contribution in [1.82, 2.24) is 10.2 Å². The van der Waals surface area contributed by atoms with E-state index in [2.05, 4.69) is 10.1 Å². The number of halogens is 1. The summed E-state index contributed by atoms with van der Waals surface area (Å²) in [6.07, 6.45) is 3.19. The van der Waals surface area contributed by atoms with Crippen molar-refractivity contribution in [2.45, 2.75) is 18.6 Å². The SMILES string of the molecule is COC(=O)NC[C@@H]1C[C@H](F)CN1C(=O)C1=Cc2ccccc2OC=C1. The Balaban J connectivity index is 1.78. The van der Waals surface area contributed by atoms with Crippen LogP contribution in [0.4, 0.5) is 9.18 Å². The lowest BCUT2D eigenvalue weighted by Crippen LogP contribution is -2.43. The molecule has 2 aliphatic rings. The minimum atomic E-state index is -1.12. The van der Waals surface area contributed by atoms with Gasteiger partial charge in [-0.3, -0.25) is 4.79 Å². The molecule has 0 radical (unpaired) electrons. The normalized spacial score (nSPS) is 21.7. The fourth-order valence-electron chi connectivity index (χ4n) is 2.98. The molecule has 0 aromatic heterocycles. The second kappa shape index (κ2) is 7.38. The summed E-state index contributed by atoms with van der Waals surface area (Å²) in [6, 6.07) is 6.92. The molecule has 0 aliphatic carbocycles. The van der Waals surface area contributed by atoms with Crippen molar-refractivity contribution in [1.29, 1.82) is 0 Å². The van der Waals surface area contributed by atoms with Crippen LogP contribution in [0, 0.1) is 0 Å². The maximum atomic E-state index is 13.9. The Kier molecular flexibility index (Phi) is 5.02. The van der Waals surface area contributed by atoms with Crippen LogP contribution in [0.15, 0.2) is 42.2 Å². The van der Waals surface area contributed by atoms with Gasteiger partial charge in [-0.2, -0.15) is 0 Å². The lowest BCUT2D eigenvalue weighted by molar-refractivity contribution is -0.127. The summed E-state index contributed by atoms with van der Waals surface area (Å²) in [4.78, 5) is 25.6. The van der Waals surface area contributed by atoms with Gasteiger partial charge in [-0.05, 0) is 18.2 Å². The number of nitrogens with zero attached hydrogens (tertiary/aromatic N) is 1. The van der Waals surface area contributed by atoms with Crippen molar-refractivity contribution in [2.24, 2.45) is 0 Å². The second-order valence-corrected chi connectivity index (χ2v) is 5.87. The monoisotopic (exact) mass is 346 g/mol. The number of likely N-dealkylation sites (tertiary alicyclic amines) is 1. The van der Waals surface area contributed by atoms with E-state index in [1.807, 2.05) is 18.2 Å². The molecule has 2 aliphatic heterocycles. The van der Waals surface area contributed by atoms with Gasteiger partial charge in [-0.25, -0.2) is 9.18 Å². The highest BCUT2D eigenvalue weighted by Gasteiger charge is 2.36. The average molecular weight is 346 g/mol. The molecule has 7 heteroatoms. The number of hydrogen-bond acceptors (Lipinski definition) is 4. The first kappa shape index (κ1) is 17.0. The first-order valence-corrected chi connectivity index (χ1v) is 7.99. The molecule has 25 heavy (non-hydrogen) atoms. The number of fused-ring (bicyclic) bond motifs is 1. The van der Waals surface area contributed by atoms with Gasteiger partial charge in [-0.1, -0.05) is 18.2 Å². The molecular formula is C18H19FN2O4. The highest BCUT2D eigenvalue weighted by atomic mass is 19.1. The smallest absolute Gasteiger partial charge is 0.406 e. The van der Waals surface area contributed by atoms with E-state index in [0.717, 1.165) is 5.56 Å². The number of ether oxygens (including phenoxy) is 2. The molecule has 0 bridgehead atoms. The fourth-order valence-corrected chi connectivity index (χ4v) is 2.98. The molecule has 2 amide bonds. The highest BCUT2D eigenvalue weighted by Crippen LogP contribution is 2.27. The number of amides is 2. The Hall–Kier alpha value is -2.83. The van der Waals surface area contributed by atoms with Crippen molar-refractivity contribution >= 4 is 18.1 Å². The molecule has 1 aromatic carbocycles. The van der Waals surface area contributed by atoms with Crippen LogP contribution in [-0.4, -0.2) is 49.3 Å². The number of para-hydroxylation sites is 1. The summed E-state index contributed by atoms with van der Waals surface area (Å²) in [5.41, 5.74) is 1.18. The predicted molar refractivity (Wildman–Crippen MR) is 89.6 cm³/mol. The van der Waals surface area contributed by atoms with E-state index < -0.39 is 18.3 Å². The third-order valence-electron chi connectivity index (χ3n) is 4.21. The summed E-state index contributed by atoms with van der Waals surface area (Å²) >= 11 is 0. The van der Waals surface area contributed by atoms with E-state index in [9.17, 15) is 14.0 Å². The van der Waals surface area contributed by atoms with E-state index >= 15 is 0 Å². The number of benzene rings is 1. The van der Waals surface area contributed by atoms with Crippen molar-refractivity contribution in [3.05, 3.63) is 47.7 Å². The summed E-state index contributed by atoms with van der Waals surface area (Å²) in [7, 11) is 1.25. The van der Waals surface area contributed by atoms with Crippen LogP contribution >= 0.6 is 0 Å². The van der Waals surface area contributed by atoms with Gasteiger partial charge in [0.05, 0.1) is 26.0 Å². The first-order valence-electron chi connectivity index (χ1n) is 7.99. The molecule has 0 saturated carbocycles. The maximum Gasteiger partial charge on any atom is 0.406 e. The molecular weight excluding hydrogens is 327 g/mol. The largest absolute Gasteiger partial charge is 0.464 e. The number of hydrogen-bond donors (Lipinski definition) is 1. The number of nitrogens with one attached hydrogen (secondary N) is 1. The van der Waals surface area contributed by atoms with E-state index in [1.54, 1.807) is 18.2 Å². The molecule has 0 unspecified atom stereocenters. The van der Waals surface area contributed by atoms with Gasteiger partial charge >= 0.3 is 6.09 Å². The second-order valence-electron chi connectivity index (χ2n) is 5.87. The van der Waals surface area contributed by atoms with Crippen LogP contribution in [0.3, 0.4) is 0 Å². The average Bonchev–Trinajstić information content (AvgIpc) is 2.86. The van der Waals surface area contributed by atoms with Gasteiger partial charge in [0.25, 0.3) is 5.91 Å². The summed E-state index contributed by atoms with van der Waals surface area (Å²) in [5.74, 6) is 0.351. The standard InChI is InChI=1S/C18H19FN2O4/c1-24-18(23)20-10-15-9-14(19)11-21(15)17(22)13-6-7-25-16-5-3-2-4-12(16)8-13/h2-8,14-15H,9-11H2,1H3,(H,20,23)/t14-,15-/m0/s1. The summed E-state index contributed by atoms with van der Waals surface area (Å²) in [5, 5.41) is 2.53. The van der Waals surface area contributed by atoms with Crippen molar-refractivity contribution in [2.75, 3.05) is 20.2 Å².